The number of esters is 1. The molecule has 7 nitrogen and oxygen atoms in total. The molecule has 0 bridgehead atoms. The van der Waals surface area contributed by atoms with E-state index in [1.165, 1.54) is 7.11 Å². The summed E-state index contributed by atoms with van der Waals surface area (Å²) in [5.74, 6) is -1.54. The fraction of sp³-hybridized carbons (Fsp3) is 0.682. The van der Waals surface area contributed by atoms with Gasteiger partial charge in [-0.05, 0) is 18.1 Å². The minimum Gasteiger partial charge on any atom is -0.454 e. The molecule has 0 radical (unpaired) electrons. The molecule has 3 aliphatic rings. The van der Waals surface area contributed by atoms with Gasteiger partial charge in [-0.25, -0.2) is 0 Å². The molecule has 30 heavy (non-hydrogen) atoms. The van der Waals surface area contributed by atoms with Crippen LogP contribution in [0, 0.1) is 0 Å². The van der Waals surface area contributed by atoms with Crippen molar-refractivity contribution >= 4 is 14.3 Å². The van der Waals surface area contributed by atoms with Crippen molar-refractivity contribution in [2.24, 2.45) is 0 Å². The van der Waals surface area contributed by atoms with Gasteiger partial charge in [-0.3, -0.25) is 4.79 Å². The Hall–Kier alpha value is -1.29. The normalized spacial score (nSPS) is 36.7. The quantitative estimate of drug-likeness (QED) is 0.528. The molecule has 166 valence electrons. The zero-order chi connectivity index (χ0) is 21.7. The van der Waals surface area contributed by atoms with E-state index < -0.39 is 44.8 Å². The average Bonchev–Trinajstić information content (AvgIpc) is 3.03. The van der Waals surface area contributed by atoms with Gasteiger partial charge in [0, 0.05) is 12.7 Å². The van der Waals surface area contributed by atoms with Gasteiger partial charge in [0.05, 0.1) is 6.61 Å². The molecule has 4 unspecified atom stereocenters. The first-order valence-corrected chi connectivity index (χ1v) is 13.4. The molecule has 1 aromatic carbocycles. The lowest BCUT2D eigenvalue weighted by atomic mass is 9.91. The van der Waals surface area contributed by atoms with E-state index in [2.05, 4.69) is 33.9 Å². The minimum absolute atomic E-state index is 0.0247. The van der Waals surface area contributed by atoms with Crippen LogP contribution in [0.3, 0.4) is 0 Å². The lowest BCUT2D eigenvalue weighted by Gasteiger charge is -2.53. The average molecular weight is 437 g/mol. The van der Waals surface area contributed by atoms with Gasteiger partial charge in [0.25, 0.3) is 0 Å². The predicted octanol–water partition coefficient (Wildman–Crippen LogP) is 3.55. The van der Waals surface area contributed by atoms with Crippen molar-refractivity contribution in [3.63, 3.8) is 0 Å². The van der Waals surface area contributed by atoms with Crippen LogP contribution in [-0.2, 0) is 32.9 Å². The molecule has 3 aliphatic heterocycles. The molecule has 6 atom stereocenters. The number of benzene rings is 1. The van der Waals surface area contributed by atoms with Crippen LogP contribution >= 0.6 is 0 Å². The second-order valence-electron chi connectivity index (χ2n) is 9.78. The highest BCUT2D eigenvalue weighted by atomic mass is 28.4. The number of carbonyl (C=O) groups is 1. The van der Waals surface area contributed by atoms with Gasteiger partial charge in [-0.15, -0.1) is 0 Å². The third-order valence-corrected chi connectivity index (χ3v) is 11.2. The summed E-state index contributed by atoms with van der Waals surface area (Å²) in [4.78, 5) is 12.3. The number of hydrogen-bond acceptors (Lipinski definition) is 7. The third kappa shape index (κ3) is 3.74. The summed E-state index contributed by atoms with van der Waals surface area (Å²) < 4.78 is 36.8. The number of hydrogen-bond donors (Lipinski definition) is 0. The van der Waals surface area contributed by atoms with Gasteiger partial charge in [-0.2, -0.15) is 0 Å². The number of methoxy groups -OCH3 is 1. The predicted molar refractivity (Wildman–Crippen MR) is 111 cm³/mol. The standard InChI is InChI=1S/C22H32O7Si/c1-21(2,3)30(5,6)29-18-17-15(28-22(24-4)12-16(23)26-19(18)22)13-25-20(27-17)14-10-8-7-9-11-14/h7-11,15,17-20H,12-13H2,1-6H3/t15?,17-,18?,19?,20?,22+/m0/s1. The third-order valence-electron chi connectivity index (χ3n) is 6.77. The Morgan fingerprint density at radius 2 is 1.87 bits per heavy atom. The topological polar surface area (TPSA) is 72.5 Å². The largest absolute Gasteiger partial charge is 0.454 e. The van der Waals surface area contributed by atoms with Gasteiger partial charge >= 0.3 is 5.97 Å². The Morgan fingerprint density at radius 3 is 2.50 bits per heavy atom. The van der Waals surface area contributed by atoms with Crippen molar-refractivity contribution in [2.75, 3.05) is 13.7 Å². The number of rotatable bonds is 4. The summed E-state index contributed by atoms with van der Waals surface area (Å²) in [6, 6.07) is 9.78. The van der Waals surface area contributed by atoms with Gasteiger partial charge in [-0.1, -0.05) is 51.1 Å². The van der Waals surface area contributed by atoms with Crippen molar-refractivity contribution in [1.82, 2.24) is 0 Å². The molecule has 0 amide bonds. The highest BCUT2D eigenvalue weighted by Gasteiger charge is 2.65. The second-order valence-corrected chi connectivity index (χ2v) is 14.5. The van der Waals surface area contributed by atoms with Crippen LogP contribution in [0.4, 0.5) is 0 Å². The summed E-state index contributed by atoms with van der Waals surface area (Å²) in [6.45, 7) is 11.2. The molecule has 0 N–H and O–H groups in total. The first kappa shape index (κ1) is 21.9. The molecule has 8 heteroatoms. The van der Waals surface area contributed by atoms with E-state index in [9.17, 15) is 4.79 Å². The van der Waals surface area contributed by atoms with Crippen LogP contribution in [0.2, 0.25) is 18.1 Å². The van der Waals surface area contributed by atoms with E-state index >= 15 is 0 Å². The van der Waals surface area contributed by atoms with E-state index in [0.717, 1.165) is 5.56 Å². The lowest BCUT2D eigenvalue weighted by molar-refractivity contribution is -0.382. The molecule has 3 fully saturated rings. The zero-order valence-electron chi connectivity index (χ0n) is 18.5. The van der Waals surface area contributed by atoms with Crippen LogP contribution in [0.1, 0.15) is 39.0 Å². The fourth-order valence-electron chi connectivity index (χ4n) is 4.03. The van der Waals surface area contributed by atoms with Gasteiger partial charge in [0.1, 0.15) is 24.7 Å². The fourth-order valence-corrected chi connectivity index (χ4v) is 5.33. The Morgan fingerprint density at radius 1 is 1.17 bits per heavy atom. The molecular formula is C22H32O7Si. The van der Waals surface area contributed by atoms with Crippen LogP contribution in [0.15, 0.2) is 30.3 Å². The molecule has 3 heterocycles. The first-order valence-electron chi connectivity index (χ1n) is 10.5. The Balaban J connectivity index is 1.68. The maximum atomic E-state index is 12.3. The molecule has 0 saturated carbocycles. The second kappa shape index (κ2) is 7.69. The molecular weight excluding hydrogens is 404 g/mol. The SMILES string of the molecule is CO[C@@]12CC(=O)OC1C(O[Si](C)(C)C(C)(C)C)[C@H]1OC(c3ccccc3)OCC1O2. The van der Waals surface area contributed by atoms with E-state index in [1.54, 1.807) is 0 Å². The Labute approximate surface area is 179 Å². The molecule has 0 aliphatic carbocycles. The summed E-state index contributed by atoms with van der Waals surface area (Å²) in [5.41, 5.74) is 0.925. The van der Waals surface area contributed by atoms with Gasteiger partial charge in [0.2, 0.25) is 5.79 Å². The maximum Gasteiger partial charge on any atom is 0.312 e. The van der Waals surface area contributed by atoms with Crippen LogP contribution in [-0.4, -0.2) is 58.2 Å². The maximum absolute atomic E-state index is 12.3. The smallest absolute Gasteiger partial charge is 0.312 e. The van der Waals surface area contributed by atoms with Crippen molar-refractivity contribution in [2.45, 2.75) is 81.8 Å². The van der Waals surface area contributed by atoms with Crippen molar-refractivity contribution < 1.29 is 32.9 Å². The van der Waals surface area contributed by atoms with Crippen molar-refractivity contribution in [3.05, 3.63) is 35.9 Å². The van der Waals surface area contributed by atoms with E-state index in [4.69, 9.17) is 28.1 Å². The molecule has 1 aromatic rings. The highest BCUT2D eigenvalue weighted by Crippen LogP contribution is 2.48. The minimum atomic E-state index is -2.22. The number of carbonyl (C=O) groups excluding carboxylic acids is 1. The Kier molecular flexibility index (Phi) is 5.62. The van der Waals surface area contributed by atoms with Crippen molar-refractivity contribution in [1.29, 1.82) is 0 Å². The highest BCUT2D eigenvalue weighted by molar-refractivity contribution is 6.74. The summed E-state index contributed by atoms with van der Waals surface area (Å²) in [7, 11) is -0.683. The van der Waals surface area contributed by atoms with Gasteiger partial charge in [0.15, 0.2) is 20.7 Å². The number of ether oxygens (including phenoxy) is 5. The Bertz CT molecular complexity index is 777. The first-order chi connectivity index (χ1) is 14.1. The summed E-state index contributed by atoms with van der Waals surface area (Å²) in [5, 5.41) is -0.0247. The molecule has 3 saturated heterocycles. The van der Waals surface area contributed by atoms with Crippen LogP contribution in [0.5, 0.6) is 0 Å². The summed E-state index contributed by atoms with van der Waals surface area (Å²) >= 11 is 0. The van der Waals surface area contributed by atoms with Crippen LogP contribution < -0.4 is 0 Å². The van der Waals surface area contributed by atoms with Crippen LogP contribution in [0.25, 0.3) is 0 Å². The zero-order valence-corrected chi connectivity index (χ0v) is 19.5. The van der Waals surface area contributed by atoms with Crippen molar-refractivity contribution in [3.8, 4) is 0 Å². The molecule has 0 aromatic heterocycles. The number of fused-ring (bicyclic) bond motifs is 2. The summed E-state index contributed by atoms with van der Waals surface area (Å²) in [6.07, 6.45) is -2.58. The van der Waals surface area contributed by atoms with E-state index in [-0.39, 0.29) is 17.4 Å². The monoisotopic (exact) mass is 436 g/mol. The molecule has 0 spiro atoms. The van der Waals surface area contributed by atoms with E-state index in [1.807, 2.05) is 30.3 Å². The lowest BCUT2D eigenvalue weighted by Crippen LogP contribution is -2.68. The molecule has 4 rings (SSSR count). The van der Waals surface area contributed by atoms with Gasteiger partial charge < -0.3 is 28.1 Å². The van der Waals surface area contributed by atoms with E-state index in [0.29, 0.717) is 6.61 Å².